The molecule has 86 valence electrons. The van der Waals surface area contributed by atoms with Gasteiger partial charge in [-0.2, -0.15) is 0 Å². The van der Waals surface area contributed by atoms with Crippen molar-refractivity contribution in [1.82, 2.24) is 0 Å². The zero-order valence-electron chi connectivity index (χ0n) is 8.01. The third-order valence-electron chi connectivity index (χ3n) is 2.38. The summed E-state index contributed by atoms with van der Waals surface area (Å²) in [5.74, 6) is -1.73. The van der Waals surface area contributed by atoms with E-state index in [0.29, 0.717) is 0 Å². The molecule has 6 heteroatoms. The summed E-state index contributed by atoms with van der Waals surface area (Å²) in [6, 6.07) is 2.35. The molecule has 1 saturated heterocycles. The Morgan fingerprint density at radius 2 is 2.12 bits per heavy atom. The lowest BCUT2D eigenvalue weighted by Gasteiger charge is -2.17. The smallest absolute Gasteiger partial charge is 0.228 e. The van der Waals surface area contributed by atoms with Crippen molar-refractivity contribution in [3.63, 3.8) is 0 Å². The van der Waals surface area contributed by atoms with Crippen molar-refractivity contribution < 1.29 is 13.6 Å². The first-order chi connectivity index (χ1) is 7.50. The number of carbonyl (C=O) groups excluding carboxylic acids is 1. The van der Waals surface area contributed by atoms with Gasteiger partial charge >= 0.3 is 0 Å². The average molecular weight is 311 g/mol. The summed E-state index contributed by atoms with van der Waals surface area (Å²) < 4.78 is 26.4. The van der Waals surface area contributed by atoms with Crippen LogP contribution < -0.4 is 4.90 Å². The molecular weight excluding hydrogens is 303 g/mol. The lowest BCUT2D eigenvalue weighted by Crippen LogP contribution is -2.25. The van der Waals surface area contributed by atoms with E-state index < -0.39 is 11.6 Å². The predicted molar refractivity (Wildman–Crippen MR) is 60.7 cm³/mol. The van der Waals surface area contributed by atoms with Crippen LogP contribution in [0.15, 0.2) is 16.6 Å². The molecule has 16 heavy (non-hydrogen) atoms. The van der Waals surface area contributed by atoms with Crippen LogP contribution in [0.1, 0.15) is 6.42 Å². The second-order valence-corrected chi connectivity index (χ2v) is 4.91. The zero-order valence-corrected chi connectivity index (χ0v) is 10.4. The summed E-state index contributed by atoms with van der Waals surface area (Å²) >= 11 is 8.60. The minimum atomic E-state index is -0.779. The number of hydrogen-bond donors (Lipinski definition) is 0. The molecule has 0 N–H and O–H groups in total. The maximum absolute atomic E-state index is 13.7. The fraction of sp³-hybridized carbons (Fsp3) is 0.300. The summed E-state index contributed by atoms with van der Waals surface area (Å²) in [7, 11) is 0. The van der Waals surface area contributed by atoms with Crippen molar-refractivity contribution in [3.8, 4) is 0 Å². The van der Waals surface area contributed by atoms with E-state index in [1.54, 1.807) is 0 Å². The first-order valence-corrected chi connectivity index (χ1v) is 5.81. The van der Waals surface area contributed by atoms with Crippen LogP contribution in [0.25, 0.3) is 0 Å². The second-order valence-electron chi connectivity index (χ2n) is 3.50. The van der Waals surface area contributed by atoms with Crippen LogP contribution in [0.3, 0.4) is 0 Å². The maximum atomic E-state index is 13.7. The summed E-state index contributed by atoms with van der Waals surface area (Å²) in [5.41, 5.74) is 0.0569. The predicted octanol–water partition coefficient (Wildman–Crippen LogP) is 3.07. The Balaban J connectivity index is 2.42. The highest BCUT2D eigenvalue weighted by Gasteiger charge is 2.31. The molecule has 1 aromatic carbocycles. The number of hydrogen-bond acceptors (Lipinski definition) is 1. The minimum Gasteiger partial charge on any atom is -0.308 e. The van der Waals surface area contributed by atoms with E-state index in [2.05, 4.69) is 15.9 Å². The van der Waals surface area contributed by atoms with Gasteiger partial charge in [0, 0.05) is 13.0 Å². The lowest BCUT2D eigenvalue weighted by atomic mass is 10.2. The molecule has 0 aromatic heterocycles. The zero-order chi connectivity index (χ0) is 11.9. The molecule has 1 aliphatic heterocycles. The van der Waals surface area contributed by atoms with E-state index in [-0.39, 0.29) is 34.4 Å². The normalized spacial score (nSPS) is 20.6. The number of halogens is 4. The van der Waals surface area contributed by atoms with E-state index in [1.807, 2.05) is 0 Å². The topological polar surface area (TPSA) is 20.3 Å². The van der Waals surface area contributed by atoms with Gasteiger partial charge in [-0.05, 0) is 28.1 Å². The highest BCUT2D eigenvalue weighted by molar-refractivity contribution is 9.10. The largest absolute Gasteiger partial charge is 0.308 e. The molecule has 0 aliphatic carbocycles. The molecule has 0 radical (unpaired) electrons. The van der Waals surface area contributed by atoms with Gasteiger partial charge in [-0.1, -0.05) is 0 Å². The fourth-order valence-electron chi connectivity index (χ4n) is 1.62. The summed E-state index contributed by atoms with van der Waals surface area (Å²) in [5, 5.41) is -0.323. The summed E-state index contributed by atoms with van der Waals surface area (Å²) in [4.78, 5) is 12.7. The van der Waals surface area contributed by atoms with Gasteiger partial charge in [-0.25, -0.2) is 8.78 Å². The monoisotopic (exact) mass is 309 g/mol. The van der Waals surface area contributed by atoms with Crippen LogP contribution >= 0.6 is 27.5 Å². The van der Waals surface area contributed by atoms with Crippen molar-refractivity contribution in [2.45, 2.75) is 11.8 Å². The van der Waals surface area contributed by atoms with Crippen LogP contribution in [0.4, 0.5) is 14.5 Å². The van der Waals surface area contributed by atoms with E-state index in [4.69, 9.17) is 11.6 Å². The van der Waals surface area contributed by atoms with Gasteiger partial charge in [0.25, 0.3) is 0 Å². The Kier molecular flexibility index (Phi) is 3.17. The van der Waals surface area contributed by atoms with E-state index in [9.17, 15) is 13.6 Å². The van der Waals surface area contributed by atoms with Crippen molar-refractivity contribution in [2.24, 2.45) is 0 Å². The van der Waals surface area contributed by atoms with Crippen LogP contribution in [0, 0.1) is 11.6 Å². The van der Waals surface area contributed by atoms with Gasteiger partial charge in [0.1, 0.15) is 5.82 Å². The molecule has 2 rings (SSSR count). The van der Waals surface area contributed by atoms with Crippen molar-refractivity contribution in [2.75, 3.05) is 11.4 Å². The number of amides is 1. The first-order valence-electron chi connectivity index (χ1n) is 4.58. The third kappa shape index (κ3) is 1.94. The fourth-order valence-corrected chi connectivity index (χ4v) is 2.23. The highest BCUT2D eigenvalue weighted by atomic mass is 79.9. The molecule has 2 nitrogen and oxygen atoms in total. The van der Waals surface area contributed by atoms with Gasteiger partial charge in [0.15, 0.2) is 5.82 Å². The SMILES string of the molecule is O=C1CC(Cl)CN1c1ccc(F)c(Br)c1F. The quantitative estimate of drug-likeness (QED) is 0.577. The molecule has 1 amide bonds. The molecule has 1 atom stereocenters. The van der Waals surface area contributed by atoms with Crippen molar-refractivity contribution in [3.05, 3.63) is 28.2 Å². The Morgan fingerprint density at radius 1 is 1.44 bits per heavy atom. The molecule has 0 spiro atoms. The molecule has 1 fully saturated rings. The molecule has 1 heterocycles. The third-order valence-corrected chi connectivity index (χ3v) is 3.40. The Hall–Kier alpha value is -0.680. The molecule has 1 aromatic rings. The minimum absolute atomic E-state index is 0.0569. The molecular formula is C10H7BrClF2NO. The molecule has 0 bridgehead atoms. The Bertz CT molecular complexity index is 455. The van der Waals surface area contributed by atoms with Gasteiger partial charge in [-0.15, -0.1) is 11.6 Å². The van der Waals surface area contributed by atoms with Crippen molar-refractivity contribution in [1.29, 1.82) is 0 Å². The Labute approximate surface area is 104 Å². The van der Waals surface area contributed by atoms with E-state index >= 15 is 0 Å². The van der Waals surface area contributed by atoms with Crippen LogP contribution in [0.5, 0.6) is 0 Å². The maximum Gasteiger partial charge on any atom is 0.228 e. The molecule has 1 aliphatic rings. The number of carbonyl (C=O) groups is 1. The van der Waals surface area contributed by atoms with Crippen LogP contribution in [0.2, 0.25) is 0 Å². The summed E-state index contributed by atoms with van der Waals surface area (Å²) in [6.45, 7) is 0.245. The van der Waals surface area contributed by atoms with Gasteiger partial charge in [0.2, 0.25) is 5.91 Å². The summed E-state index contributed by atoms with van der Waals surface area (Å²) in [6.07, 6.45) is 0.177. The second kappa shape index (κ2) is 4.30. The number of nitrogens with zero attached hydrogens (tertiary/aromatic N) is 1. The molecule has 1 unspecified atom stereocenters. The number of alkyl halides is 1. The number of rotatable bonds is 1. The van der Waals surface area contributed by atoms with Crippen molar-refractivity contribution >= 4 is 39.1 Å². The first kappa shape index (κ1) is 11.8. The van der Waals surface area contributed by atoms with Crippen LogP contribution in [-0.2, 0) is 4.79 Å². The van der Waals surface area contributed by atoms with Gasteiger partial charge in [0.05, 0.1) is 15.5 Å². The van der Waals surface area contributed by atoms with Crippen LogP contribution in [-0.4, -0.2) is 17.8 Å². The highest BCUT2D eigenvalue weighted by Crippen LogP contribution is 2.31. The number of anilines is 1. The number of benzene rings is 1. The van der Waals surface area contributed by atoms with E-state index in [0.717, 1.165) is 6.07 Å². The molecule has 0 saturated carbocycles. The Morgan fingerprint density at radius 3 is 2.69 bits per heavy atom. The lowest BCUT2D eigenvalue weighted by molar-refractivity contribution is -0.117. The van der Waals surface area contributed by atoms with E-state index in [1.165, 1.54) is 11.0 Å². The van der Waals surface area contributed by atoms with Gasteiger partial charge < -0.3 is 4.90 Å². The standard InChI is InChI=1S/C10H7BrClF2NO/c11-9-6(13)1-2-7(10(9)14)15-4-5(12)3-8(15)16/h1-2,5H,3-4H2. The average Bonchev–Trinajstić information content (AvgIpc) is 2.55. The van der Waals surface area contributed by atoms with Gasteiger partial charge in [-0.3, -0.25) is 4.79 Å².